The first kappa shape index (κ1) is 17.2. The molecule has 126 valence electrons. The maximum atomic E-state index is 12.1. The van der Waals surface area contributed by atoms with Crippen LogP contribution in [0.1, 0.15) is 58.3 Å². The number of rotatable bonds is 5. The average molecular weight is 317 g/mol. The van der Waals surface area contributed by atoms with Crippen molar-refractivity contribution in [1.29, 1.82) is 0 Å². The van der Waals surface area contributed by atoms with Crippen molar-refractivity contribution in [3.05, 3.63) is 29.7 Å². The Hall–Kier alpha value is -2.11. The second kappa shape index (κ2) is 6.56. The third-order valence-corrected chi connectivity index (χ3v) is 3.57. The first-order valence-electron chi connectivity index (χ1n) is 8.07. The van der Waals surface area contributed by atoms with Crippen LogP contribution in [0.3, 0.4) is 0 Å². The standard InChI is InChI=1S/C17H27N5O/c1-12(2)14-11-15(20-22(14)17(4,5)6)18-16(23)8-10-21-9-7-13(3)19-21/h7,9,11-12H,8,10H2,1-6H3,(H,18,20,23). The Bertz CT molecular complexity index is 675. The van der Waals surface area contributed by atoms with Crippen molar-refractivity contribution in [2.24, 2.45) is 0 Å². The van der Waals surface area contributed by atoms with Gasteiger partial charge in [0.25, 0.3) is 0 Å². The molecule has 1 N–H and O–H groups in total. The minimum Gasteiger partial charge on any atom is -0.309 e. The van der Waals surface area contributed by atoms with Crippen LogP contribution in [0.4, 0.5) is 5.82 Å². The van der Waals surface area contributed by atoms with Crippen molar-refractivity contribution in [3.8, 4) is 0 Å². The largest absolute Gasteiger partial charge is 0.309 e. The lowest BCUT2D eigenvalue weighted by Crippen LogP contribution is -2.26. The molecule has 6 heteroatoms. The number of carbonyl (C=O) groups is 1. The average Bonchev–Trinajstić information content (AvgIpc) is 3.02. The second-order valence-electron chi connectivity index (χ2n) is 7.21. The number of hydrogen-bond donors (Lipinski definition) is 1. The molecule has 2 heterocycles. The summed E-state index contributed by atoms with van der Waals surface area (Å²) in [4.78, 5) is 12.1. The zero-order chi connectivity index (χ0) is 17.2. The van der Waals surface area contributed by atoms with Gasteiger partial charge < -0.3 is 5.32 Å². The fraction of sp³-hybridized carbons (Fsp3) is 0.588. The molecule has 0 aliphatic heterocycles. The summed E-state index contributed by atoms with van der Waals surface area (Å²) in [6, 6.07) is 3.89. The number of hydrogen-bond acceptors (Lipinski definition) is 3. The summed E-state index contributed by atoms with van der Waals surface area (Å²) < 4.78 is 3.77. The van der Waals surface area contributed by atoms with Gasteiger partial charge in [-0.25, -0.2) is 0 Å². The fourth-order valence-corrected chi connectivity index (χ4v) is 2.41. The van der Waals surface area contributed by atoms with E-state index in [4.69, 9.17) is 0 Å². The molecule has 0 aliphatic carbocycles. The van der Waals surface area contributed by atoms with Gasteiger partial charge in [-0.15, -0.1) is 0 Å². The minimum absolute atomic E-state index is 0.0491. The molecule has 0 aromatic carbocycles. The van der Waals surface area contributed by atoms with Crippen LogP contribution >= 0.6 is 0 Å². The normalized spacial score (nSPS) is 12.0. The third-order valence-electron chi connectivity index (χ3n) is 3.57. The van der Waals surface area contributed by atoms with Crippen LogP contribution in [0.2, 0.25) is 0 Å². The molecule has 0 aliphatic rings. The van der Waals surface area contributed by atoms with E-state index in [0.717, 1.165) is 11.4 Å². The first-order valence-corrected chi connectivity index (χ1v) is 8.07. The first-order chi connectivity index (χ1) is 10.7. The predicted octanol–water partition coefficient (Wildman–Crippen LogP) is 3.30. The Morgan fingerprint density at radius 1 is 1.30 bits per heavy atom. The summed E-state index contributed by atoms with van der Waals surface area (Å²) >= 11 is 0. The summed E-state index contributed by atoms with van der Waals surface area (Å²) in [5.74, 6) is 0.914. The molecular weight excluding hydrogens is 290 g/mol. The van der Waals surface area contributed by atoms with Crippen LogP contribution in [0.25, 0.3) is 0 Å². The molecule has 0 unspecified atom stereocenters. The molecule has 0 bridgehead atoms. The molecular formula is C17H27N5O. The molecule has 23 heavy (non-hydrogen) atoms. The molecule has 0 radical (unpaired) electrons. The molecule has 6 nitrogen and oxygen atoms in total. The van der Waals surface area contributed by atoms with E-state index in [1.165, 1.54) is 0 Å². The van der Waals surface area contributed by atoms with Crippen LogP contribution in [0.5, 0.6) is 0 Å². The van der Waals surface area contributed by atoms with Crippen molar-refractivity contribution < 1.29 is 4.79 Å². The molecule has 2 rings (SSSR count). The van der Waals surface area contributed by atoms with Gasteiger partial charge in [0, 0.05) is 30.9 Å². The Balaban J connectivity index is 2.03. The smallest absolute Gasteiger partial charge is 0.227 e. The van der Waals surface area contributed by atoms with E-state index in [9.17, 15) is 4.79 Å². The quantitative estimate of drug-likeness (QED) is 0.920. The van der Waals surface area contributed by atoms with E-state index in [2.05, 4.69) is 50.1 Å². The van der Waals surface area contributed by atoms with Crippen LogP contribution in [-0.4, -0.2) is 25.5 Å². The van der Waals surface area contributed by atoms with Crippen LogP contribution in [0.15, 0.2) is 18.3 Å². The molecule has 0 saturated carbocycles. The van der Waals surface area contributed by atoms with Crippen LogP contribution in [0, 0.1) is 6.92 Å². The van der Waals surface area contributed by atoms with Gasteiger partial charge in [-0.2, -0.15) is 10.2 Å². The Labute approximate surface area is 137 Å². The van der Waals surface area contributed by atoms with Crippen molar-refractivity contribution in [2.75, 3.05) is 5.32 Å². The van der Waals surface area contributed by atoms with E-state index in [1.807, 2.05) is 29.9 Å². The molecule has 0 spiro atoms. The zero-order valence-electron chi connectivity index (χ0n) is 14.9. The maximum absolute atomic E-state index is 12.1. The fourth-order valence-electron chi connectivity index (χ4n) is 2.41. The number of aryl methyl sites for hydroxylation is 2. The molecule has 2 aromatic heterocycles. The van der Waals surface area contributed by atoms with Crippen molar-refractivity contribution in [2.45, 2.75) is 66.0 Å². The van der Waals surface area contributed by atoms with E-state index in [0.29, 0.717) is 24.7 Å². The number of aromatic nitrogens is 4. The molecule has 0 saturated heterocycles. The minimum atomic E-state index is -0.116. The zero-order valence-corrected chi connectivity index (χ0v) is 14.9. The van der Waals surface area contributed by atoms with Crippen molar-refractivity contribution in [1.82, 2.24) is 19.6 Å². The highest BCUT2D eigenvalue weighted by molar-refractivity contribution is 5.89. The lowest BCUT2D eigenvalue weighted by Gasteiger charge is -2.23. The summed E-state index contributed by atoms with van der Waals surface area (Å²) in [5.41, 5.74) is 1.96. The van der Waals surface area contributed by atoms with Gasteiger partial charge >= 0.3 is 0 Å². The number of nitrogens with zero attached hydrogens (tertiary/aromatic N) is 4. The summed E-state index contributed by atoms with van der Waals surface area (Å²) in [6.07, 6.45) is 2.26. The Morgan fingerprint density at radius 3 is 2.48 bits per heavy atom. The second-order valence-corrected chi connectivity index (χ2v) is 7.21. The molecule has 2 aromatic rings. The number of nitrogens with one attached hydrogen (secondary N) is 1. The van der Waals surface area contributed by atoms with E-state index in [1.54, 1.807) is 4.68 Å². The lowest BCUT2D eigenvalue weighted by atomic mass is 10.1. The summed E-state index contributed by atoms with van der Waals surface area (Å²) in [6.45, 7) is 13.1. The highest BCUT2D eigenvalue weighted by atomic mass is 16.1. The van der Waals surface area contributed by atoms with E-state index < -0.39 is 0 Å². The van der Waals surface area contributed by atoms with Gasteiger partial charge in [0.15, 0.2) is 5.82 Å². The van der Waals surface area contributed by atoms with E-state index in [-0.39, 0.29) is 11.4 Å². The Morgan fingerprint density at radius 2 is 2.00 bits per heavy atom. The van der Waals surface area contributed by atoms with E-state index >= 15 is 0 Å². The van der Waals surface area contributed by atoms with Crippen LogP contribution in [-0.2, 0) is 16.9 Å². The van der Waals surface area contributed by atoms with Gasteiger partial charge in [0.2, 0.25) is 5.91 Å². The summed E-state index contributed by atoms with van der Waals surface area (Å²) in [7, 11) is 0. The SMILES string of the molecule is Cc1ccn(CCC(=O)Nc2cc(C(C)C)n(C(C)(C)C)n2)n1. The molecule has 1 amide bonds. The Kier molecular flexibility index (Phi) is 4.92. The van der Waals surface area contributed by atoms with Gasteiger partial charge in [-0.3, -0.25) is 14.2 Å². The summed E-state index contributed by atoms with van der Waals surface area (Å²) in [5, 5.41) is 11.7. The highest BCUT2D eigenvalue weighted by Crippen LogP contribution is 2.25. The monoisotopic (exact) mass is 317 g/mol. The van der Waals surface area contributed by atoms with Crippen LogP contribution < -0.4 is 5.32 Å². The van der Waals surface area contributed by atoms with Gasteiger partial charge in [0.1, 0.15) is 0 Å². The topological polar surface area (TPSA) is 64.7 Å². The number of anilines is 1. The van der Waals surface area contributed by atoms with Crippen molar-refractivity contribution in [3.63, 3.8) is 0 Å². The number of amides is 1. The van der Waals surface area contributed by atoms with Crippen molar-refractivity contribution >= 4 is 11.7 Å². The van der Waals surface area contributed by atoms with Gasteiger partial charge in [0.05, 0.1) is 11.2 Å². The maximum Gasteiger partial charge on any atom is 0.227 e. The molecule has 0 atom stereocenters. The van der Waals surface area contributed by atoms with Gasteiger partial charge in [-0.05, 0) is 39.7 Å². The lowest BCUT2D eigenvalue weighted by molar-refractivity contribution is -0.116. The van der Waals surface area contributed by atoms with Gasteiger partial charge in [-0.1, -0.05) is 13.8 Å². The predicted molar refractivity (Wildman–Crippen MR) is 91.5 cm³/mol. The highest BCUT2D eigenvalue weighted by Gasteiger charge is 2.21. The molecule has 0 fully saturated rings. The number of carbonyl (C=O) groups excluding carboxylic acids is 1. The third kappa shape index (κ3) is 4.43.